The third-order valence-electron chi connectivity index (χ3n) is 8.05. The Balaban J connectivity index is 1.47. The van der Waals surface area contributed by atoms with Gasteiger partial charge in [0.25, 0.3) is 5.91 Å². The van der Waals surface area contributed by atoms with Gasteiger partial charge in [0.05, 0.1) is 23.8 Å². The topological polar surface area (TPSA) is 89.6 Å². The zero-order valence-corrected chi connectivity index (χ0v) is 23.4. The Morgan fingerprint density at radius 1 is 1.13 bits per heavy atom. The number of nitrogens with one attached hydrogen (secondary N) is 1. The molecule has 2 heterocycles. The monoisotopic (exact) mass is 534 g/mol. The molecule has 208 valence electrons. The average molecular weight is 535 g/mol. The lowest BCUT2D eigenvalue weighted by atomic mass is 9.80. The number of benzene rings is 2. The van der Waals surface area contributed by atoms with Crippen LogP contribution in [0.5, 0.6) is 0 Å². The predicted octanol–water partition coefficient (Wildman–Crippen LogP) is 5.46. The molecule has 0 saturated heterocycles. The number of primary amides is 1. The lowest BCUT2D eigenvalue weighted by Crippen LogP contribution is -2.32. The highest BCUT2D eigenvalue weighted by Crippen LogP contribution is 2.43. The van der Waals surface area contributed by atoms with Crippen molar-refractivity contribution >= 4 is 28.4 Å². The van der Waals surface area contributed by atoms with Crippen molar-refractivity contribution in [1.82, 2.24) is 9.47 Å². The van der Waals surface area contributed by atoms with Gasteiger partial charge in [0.2, 0.25) is 5.91 Å². The van der Waals surface area contributed by atoms with Crippen LogP contribution in [0.1, 0.15) is 66.8 Å². The van der Waals surface area contributed by atoms with Crippen molar-refractivity contribution in [2.24, 2.45) is 11.1 Å². The lowest BCUT2D eigenvalue weighted by molar-refractivity contribution is 0.0196. The van der Waals surface area contributed by atoms with E-state index in [9.17, 15) is 14.0 Å². The molecule has 0 radical (unpaired) electrons. The molecule has 1 amide bonds. The highest BCUT2D eigenvalue weighted by atomic mass is 19.1. The van der Waals surface area contributed by atoms with Crippen molar-refractivity contribution in [3.8, 4) is 11.1 Å². The van der Waals surface area contributed by atoms with Crippen LogP contribution in [-0.4, -0.2) is 60.7 Å². The average Bonchev–Trinajstić information content (AvgIpc) is 3.16. The van der Waals surface area contributed by atoms with Gasteiger partial charge in [0, 0.05) is 41.3 Å². The summed E-state index contributed by atoms with van der Waals surface area (Å²) in [5.74, 6) is -0.897. The second kappa shape index (κ2) is 10.7. The number of fused-ring (bicyclic) bond motifs is 3. The number of likely N-dealkylation sites (N-methyl/N-ethyl adjacent to an activating group) is 1. The number of anilines is 1. The molecule has 5 rings (SSSR count). The molecule has 0 bridgehead atoms. The van der Waals surface area contributed by atoms with Gasteiger partial charge < -0.3 is 20.7 Å². The smallest absolute Gasteiger partial charge is 0.250 e. The second-order valence-corrected chi connectivity index (χ2v) is 12.1. The summed E-state index contributed by atoms with van der Waals surface area (Å²) in [6.07, 6.45) is 5.11. The quantitative estimate of drug-likeness (QED) is 0.401. The molecule has 39 heavy (non-hydrogen) atoms. The van der Waals surface area contributed by atoms with Crippen LogP contribution in [0.25, 0.3) is 22.0 Å². The van der Waals surface area contributed by atoms with Crippen LogP contribution < -0.4 is 11.1 Å². The lowest BCUT2D eigenvalue weighted by Gasteiger charge is -2.31. The second-order valence-electron chi connectivity index (χ2n) is 12.1. The predicted molar refractivity (Wildman–Crippen MR) is 153 cm³/mol. The number of nitrogens with zero attached hydrogens (tertiary/aromatic N) is 2. The number of amides is 1. The first-order valence-electron chi connectivity index (χ1n) is 13.9. The standard InChI is InChI=1S/C31H39FN4O3/c1-31(2)17-27-29(24-12-6-20(32)16-26(24)36(27)28(37)18-31)19-5-11-23(30(33)38)25(15-19)34-21-7-9-22(10-8-21)39-14-13-35(3)4/h5-6,11-12,15-16,21-22,34H,7-10,13-14,17-18H2,1-4H3,(H2,33,38). The van der Waals surface area contributed by atoms with E-state index in [1.54, 1.807) is 16.7 Å². The van der Waals surface area contributed by atoms with Gasteiger partial charge in [-0.3, -0.25) is 14.2 Å². The van der Waals surface area contributed by atoms with Gasteiger partial charge in [0.1, 0.15) is 5.82 Å². The third kappa shape index (κ3) is 5.72. The number of nitrogens with two attached hydrogens (primary N) is 1. The van der Waals surface area contributed by atoms with E-state index >= 15 is 0 Å². The highest BCUT2D eigenvalue weighted by Gasteiger charge is 2.35. The van der Waals surface area contributed by atoms with Crippen molar-refractivity contribution in [3.05, 3.63) is 53.5 Å². The molecular weight excluding hydrogens is 495 g/mol. The van der Waals surface area contributed by atoms with E-state index in [0.717, 1.165) is 61.0 Å². The summed E-state index contributed by atoms with van der Waals surface area (Å²) in [6, 6.07) is 10.4. The minimum absolute atomic E-state index is 0.0280. The summed E-state index contributed by atoms with van der Waals surface area (Å²) in [5.41, 5.74) is 9.92. The van der Waals surface area contributed by atoms with Crippen molar-refractivity contribution < 1.29 is 18.7 Å². The number of halogens is 1. The Kier molecular flexibility index (Phi) is 7.53. The largest absolute Gasteiger partial charge is 0.382 e. The maximum absolute atomic E-state index is 14.3. The summed E-state index contributed by atoms with van der Waals surface area (Å²) in [4.78, 5) is 27.7. The SMILES string of the molecule is CN(C)CCOC1CCC(Nc2cc(-c3c4n(c5cc(F)ccc35)C(=O)CC(C)(C)C4)ccc2C(N)=O)CC1. The molecule has 0 unspecified atom stereocenters. The number of hydrogen-bond acceptors (Lipinski definition) is 5. The van der Waals surface area contributed by atoms with Crippen LogP contribution in [0.4, 0.5) is 10.1 Å². The molecule has 2 aliphatic rings. The van der Waals surface area contributed by atoms with Crippen molar-refractivity contribution in [2.45, 2.75) is 64.5 Å². The van der Waals surface area contributed by atoms with E-state index in [4.69, 9.17) is 10.5 Å². The highest BCUT2D eigenvalue weighted by molar-refractivity contribution is 6.06. The van der Waals surface area contributed by atoms with Crippen molar-refractivity contribution in [3.63, 3.8) is 0 Å². The van der Waals surface area contributed by atoms with E-state index in [-0.39, 0.29) is 29.3 Å². The summed E-state index contributed by atoms with van der Waals surface area (Å²) in [7, 11) is 4.08. The molecule has 1 aliphatic heterocycles. The van der Waals surface area contributed by atoms with E-state index in [2.05, 4.69) is 24.1 Å². The number of ether oxygens (including phenoxy) is 1. The van der Waals surface area contributed by atoms with Gasteiger partial charge in [-0.25, -0.2) is 4.39 Å². The minimum Gasteiger partial charge on any atom is -0.382 e. The van der Waals surface area contributed by atoms with Crippen LogP contribution in [-0.2, 0) is 11.2 Å². The van der Waals surface area contributed by atoms with Crippen molar-refractivity contribution in [2.75, 3.05) is 32.6 Å². The molecule has 1 aliphatic carbocycles. The number of rotatable bonds is 8. The molecule has 7 nitrogen and oxygen atoms in total. The maximum atomic E-state index is 14.3. The zero-order chi connectivity index (χ0) is 27.9. The number of carbonyl (C=O) groups excluding carboxylic acids is 2. The van der Waals surface area contributed by atoms with Crippen LogP contribution in [0.2, 0.25) is 0 Å². The maximum Gasteiger partial charge on any atom is 0.250 e. The van der Waals surface area contributed by atoms with E-state index in [1.165, 1.54) is 12.1 Å². The first kappa shape index (κ1) is 27.3. The number of aromatic nitrogens is 1. The fraction of sp³-hybridized carbons (Fsp3) is 0.484. The van der Waals surface area contributed by atoms with E-state index < -0.39 is 5.91 Å². The molecule has 2 aromatic carbocycles. The normalized spacial score (nSPS) is 20.8. The van der Waals surface area contributed by atoms with Crippen molar-refractivity contribution in [1.29, 1.82) is 0 Å². The van der Waals surface area contributed by atoms with Gasteiger partial charge >= 0.3 is 0 Å². The zero-order valence-electron chi connectivity index (χ0n) is 23.4. The molecule has 1 saturated carbocycles. The van der Waals surface area contributed by atoms with E-state index in [1.807, 2.05) is 26.2 Å². The molecular formula is C31H39FN4O3. The Morgan fingerprint density at radius 3 is 2.56 bits per heavy atom. The summed E-state index contributed by atoms with van der Waals surface area (Å²) >= 11 is 0. The van der Waals surface area contributed by atoms with Crippen LogP contribution in [0, 0.1) is 11.2 Å². The van der Waals surface area contributed by atoms with Gasteiger partial charge in [0.15, 0.2) is 0 Å². The number of hydrogen-bond donors (Lipinski definition) is 2. The summed E-state index contributed by atoms with van der Waals surface area (Å²) in [5, 5.41) is 4.42. The Labute approximate surface area is 229 Å². The summed E-state index contributed by atoms with van der Waals surface area (Å²) < 4.78 is 22.0. The molecule has 1 aromatic heterocycles. The number of carbonyl (C=O) groups is 2. The van der Waals surface area contributed by atoms with Gasteiger partial charge in [-0.05, 0) is 87.5 Å². The minimum atomic E-state index is -0.494. The molecule has 1 fully saturated rings. The van der Waals surface area contributed by atoms with Crippen LogP contribution >= 0.6 is 0 Å². The van der Waals surface area contributed by atoms with Gasteiger partial charge in [-0.15, -0.1) is 0 Å². The molecule has 0 atom stereocenters. The Hall–Kier alpha value is -3.23. The van der Waals surface area contributed by atoms with Gasteiger partial charge in [-0.1, -0.05) is 19.9 Å². The fourth-order valence-corrected chi connectivity index (χ4v) is 6.12. The van der Waals surface area contributed by atoms with Crippen LogP contribution in [0.15, 0.2) is 36.4 Å². The molecule has 8 heteroatoms. The first-order valence-corrected chi connectivity index (χ1v) is 13.9. The summed E-state index contributed by atoms with van der Waals surface area (Å²) in [6.45, 7) is 5.80. The molecule has 0 spiro atoms. The fourth-order valence-electron chi connectivity index (χ4n) is 6.12. The van der Waals surface area contributed by atoms with E-state index in [0.29, 0.717) is 29.6 Å². The third-order valence-corrected chi connectivity index (χ3v) is 8.05. The first-order chi connectivity index (χ1) is 18.5. The molecule has 3 aromatic rings. The van der Waals surface area contributed by atoms with Crippen LogP contribution in [0.3, 0.4) is 0 Å². The molecule has 3 N–H and O–H groups in total. The Morgan fingerprint density at radius 2 is 1.87 bits per heavy atom. The van der Waals surface area contributed by atoms with Gasteiger partial charge in [-0.2, -0.15) is 0 Å². The Bertz CT molecular complexity index is 1400.